The monoisotopic (exact) mass is 326 g/mol. The second-order valence-corrected chi connectivity index (χ2v) is 6.21. The van der Waals surface area contributed by atoms with Gasteiger partial charge in [-0.1, -0.05) is 0 Å². The number of furan rings is 1. The lowest BCUT2D eigenvalue weighted by molar-refractivity contribution is 0.0333. The van der Waals surface area contributed by atoms with E-state index < -0.39 is 5.60 Å². The van der Waals surface area contributed by atoms with Gasteiger partial charge in [0.25, 0.3) is 0 Å². The zero-order valence-electron chi connectivity index (χ0n) is 14.2. The molecule has 1 atom stereocenters. The van der Waals surface area contributed by atoms with Crippen LogP contribution in [0.15, 0.2) is 47.3 Å². The quantitative estimate of drug-likeness (QED) is 0.727. The van der Waals surface area contributed by atoms with E-state index in [0.29, 0.717) is 18.8 Å². The molecule has 24 heavy (non-hydrogen) atoms. The molecule has 6 heteroatoms. The molecule has 0 aliphatic heterocycles. The molecule has 0 amide bonds. The number of hydrogen-bond acceptors (Lipinski definition) is 5. The highest BCUT2D eigenvalue weighted by atomic mass is 16.4. The lowest BCUT2D eigenvalue weighted by Crippen LogP contribution is -2.34. The molecule has 6 nitrogen and oxygen atoms in total. The Morgan fingerprint density at radius 1 is 1.33 bits per heavy atom. The van der Waals surface area contributed by atoms with Gasteiger partial charge in [-0.15, -0.1) is 0 Å². The SMILES string of the molecule is Cc1ccc(C(C)(O)CNCc2cn(C)nc2-c2cccnc2)o1. The van der Waals surface area contributed by atoms with Gasteiger partial charge in [0.15, 0.2) is 0 Å². The Morgan fingerprint density at radius 3 is 2.83 bits per heavy atom. The van der Waals surface area contributed by atoms with Crippen molar-refractivity contribution >= 4 is 0 Å². The molecule has 0 saturated heterocycles. The van der Waals surface area contributed by atoms with E-state index in [1.165, 1.54) is 0 Å². The Morgan fingerprint density at radius 2 is 2.17 bits per heavy atom. The van der Waals surface area contributed by atoms with Gasteiger partial charge < -0.3 is 14.8 Å². The highest BCUT2D eigenvalue weighted by Gasteiger charge is 2.26. The molecular formula is C18H22N4O2. The average Bonchev–Trinajstić information content (AvgIpc) is 3.14. The van der Waals surface area contributed by atoms with E-state index in [0.717, 1.165) is 22.6 Å². The first-order valence-corrected chi connectivity index (χ1v) is 7.88. The zero-order valence-corrected chi connectivity index (χ0v) is 14.2. The first-order valence-electron chi connectivity index (χ1n) is 7.88. The van der Waals surface area contributed by atoms with Crippen LogP contribution in [0.4, 0.5) is 0 Å². The number of aromatic nitrogens is 3. The van der Waals surface area contributed by atoms with Crippen LogP contribution in [-0.4, -0.2) is 26.4 Å². The molecule has 3 heterocycles. The molecule has 0 bridgehead atoms. The minimum absolute atomic E-state index is 0.376. The molecule has 1 unspecified atom stereocenters. The van der Waals surface area contributed by atoms with Crippen LogP contribution in [0.3, 0.4) is 0 Å². The van der Waals surface area contributed by atoms with Gasteiger partial charge in [-0.3, -0.25) is 9.67 Å². The summed E-state index contributed by atoms with van der Waals surface area (Å²) < 4.78 is 7.32. The van der Waals surface area contributed by atoms with Crippen LogP contribution in [-0.2, 0) is 19.2 Å². The molecular weight excluding hydrogens is 304 g/mol. The minimum atomic E-state index is -1.06. The molecule has 3 rings (SSSR count). The second kappa shape index (κ2) is 6.59. The standard InChI is InChI=1S/C18H22N4O2/c1-13-6-7-16(24-13)18(2,23)12-20-10-15-11-22(3)21-17(15)14-5-4-8-19-9-14/h4-9,11,20,23H,10,12H2,1-3H3. The van der Waals surface area contributed by atoms with Crippen molar-refractivity contribution in [3.63, 3.8) is 0 Å². The summed E-state index contributed by atoms with van der Waals surface area (Å²) in [7, 11) is 1.89. The van der Waals surface area contributed by atoms with Crippen molar-refractivity contribution in [3.05, 3.63) is 59.9 Å². The van der Waals surface area contributed by atoms with E-state index >= 15 is 0 Å². The molecule has 0 aliphatic rings. The van der Waals surface area contributed by atoms with Crippen molar-refractivity contribution in [2.24, 2.45) is 7.05 Å². The largest absolute Gasteiger partial charge is 0.463 e. The summed E-state index contributed by atoms with van der Waals surface area (Å²) in [5.41, 5.74) is 1.86. The third kappa shape index (κ3) is 3.55. The number of aryl methyl sites for hydroxylation is 2. The summed E-state index contributed by atoms with van der Waals surface area (Å²) in [6.07, 6.45) is 5.52. The van der Waals surface area contributed by atoms with Crippen LogP contribution >= 0.6 is 0 Å². The Labute approximate surface area is 141 Å². The maximum Gasteiger partial charge on any atom is 0.136 e. The van der Waals surface area contributed by atoms with Crippen molar-refractivity contribution in [1.29, 1.82) is 0 Å². The predicted molar refractivity (Wildman–Crippen MR) is 91.2 cm³/mol. The van der Waals surface area contributed by atoms with Crippen molar-refractivity contribution in [1.82, 2.24) is 20.1 Å². The number of nitrogens with one attached hydrogen (secondary N) is 1. The summed E-state index contributed by atoms with van der Waals surface area (Å²) in [6.45, 7) is 4.57. The van der Waals surface area contributed by atoms with E-state index in [4.69, 9.17) is 4.42 Å². The first kappa shape index (κ1) is 16.4. The van der Waals surface area contributed by atoms with E-state index in [-0.39, 0.29) is 0 Å². The lowest BCUT2D eigenvalue weighted by Gasteiger charge is -2.21. The van der Waals surface area contributed by atoms with Crippen molar-refractivity contribution in [3.8, 4) is 11.3 Å². The van der Waals surface area contributed by atoms with Gasteiger partial charge in [-0.25, -0.2) is 0 Å². The Balaban J connectivity index is 1.69. The molecule has 2 N–H and O–H groups in total. The fraction of sp³-hybridized carbons (Fsp3) is 0.333. The van der Waals surface area contributed by atoms with Gasteiger partial charge in [0.1, 0.15) is 17.1 Å². The van der Waals surface area contributed by atoms with Crippen LogP contribution in [0.2, 0.25) is 0 Å². The Bertz CT molecular complexity index is 806. The van der Waals surface area contributed by atoms with Crippen LogP contribution in [0, 0.1) is 6.92 Å². The highest BCUT2D eigenvalue weighted by molar-refractivity contribution is 5.61. The van der Waals surface area contributed by atoms with Gasteiger partial charge in [0.2, 0.25) is 0 Å². The fourth-order valence-electron chi connectivity index (χ4n) is 2.66. The Kier molecular flexibility index (Phi) is 4.51. The maximum atomic E-state index is 10.6. The maximum absolute atomic E-state index is 10.6. The molecule has 0 saturated carbocycles. The van der Waals surface area contributed by atoms with Crippen LogP contribution < -0.4 is 5.32 Å². The first-order chi connectivity index (χ1) is 11.5. The van der Waals surface area contributed by atoms with Crippen LogP contribution in [0.5, 0.6) is 0 Å². The Hall–Kier alpha value is -2.44. The zero-order chi connectivity index (χ0) is 17.2. The number of hydrogen-bond donors (Lipinski definition) is 2. The topological polar surface area (TPSA) is 76.1 Å². The smallest absolute Gasteiger partial charge is 0.136 e. The normalized spacial score (nSPS) is 13.8. The minimum Gasteiger partial charge on any atom is -0.463 e. The van der Waals surface area contributed by atoms with E-state index in [2.05, 4.69) is 15.4 Å². The molecule has 3 aromatic rings. The van der Waals surface area contributed by atoms with Crippen LogP contribution in [0.1, 0.15) is 24.0 Å². The third-order valence-corrected chi connectivity index (χ3v) is 3.90. The predicted octanol–water partition coefficient (Wildman–Crippen LogP) is 2.38. The summed E-state index contributed by atoms with van der Waals surface area (Å²) in [6, 6.07) is 7.54. The second-order valence-electron chi connectivity index (χ2n) is 6.21. The van der Waals surface area contributed by atoms with E-state index in [9.17, 15) is 5.11 Å². The summed E-state index contributed by atoms with van der Waals surface area (Å²) in [5.74, 6) is 1.35. The molecule has 3 aromatic heterocycles. The van der Waals surface area contributed by atoms with Gasteiger partial charge in [0, 0.05) is 49.9 Å². The van der Waals surface area contributed by atoms with Crippen molar-refractivity contribution < 1.29 is 9.52 Å². The highest BCUT2D eigenvalue weighted by Crippen LogP contribution is 2.23. The van der Waals surface area contributed by atoms with Gasteiger partial charge in [-0.05, 0) is 38.1 Å². The molecule has 0 aromatic carbocycles. The third-order valence-electron chi connectivity index (χ3n) is 3.90. The summed E-state index contributed by atoms with van der Waals surface area (Å²) in [4.78, 5) is 4.15. The summed E-state index contributed by atoms with van der Waals surface area (Å²) in [5, 5.41) is 18.4. The van der Waals surface area contributed by atoms with E-state index in [1.54, 1.807) is 24.0 Å². The molecule has 0 aliphatic carbocycles. The average molecular weight is 326 g/mol. The molecule has 0 spiro atoms. The molecule has 126 valence electrons. The van der Waals surface area contributed by atoms with Crippen molar-refractivity contribution in [2.75, 3.05) is 6.54 Å². The number of pyridine rings is 1. The molecule has 0 radical (unpaired) electrons. The van der Waals surface area contributed by atoms with Gasteiger partial charge in [0.05, 0.1) is 5.69 Å². The van der Waals surface area contributed by atoms with Gasteiger partial charge in [-0.2, -0.15) is 5.10 Å². The fourth-order valence-corrected chi connectivity index (χ4v) is 2.66. The summed E-state index contributed by atoms with van der Waals surface area (Å²) >= 11 is 0. The number of aliphatic hydroxyl groups is 1. The number of rotatable bonds is 6. The van der Waals surface area contributed by atoms with Crippen molar-refractivity contribution in [2.45, 2.75) is 26.0 Å². The lowest BCUT2D eigenvalue weighted by atomic mass is 10.0. The molecule has 0 fully saturated rings. The van der Waals surface area contributed by atoms with Gasteiger partial charge >= 0.3 is 0 Å². The number of nitrogens with zero attached hydrogens (tertiary/aromatic N) is 3. The van der Waals surface area contributed by atoms with E-state index in [1.807, 2.05) is 44.4 Å². The van der Waals surface area contributed by atoms with Crippen LogP contribution in [0.25, 0.3) is 11.3 Å².